The molecule has 0 fully saturated rings. The molecule has 0 bridgehead atoms. The highest BCUT2D eigenvalue weighted by Gasteiger charge is 2.12. The first kappa shape index (κ1) is 21.0. The van der Waals surface area contributed by atoms with Gasteiger partial charge in [-0.05, 0) is 48.9 Å². The number of anilines is 1. The number of ketones is 1. The quantitative estimate of drug-likeness (QED) is 0.449. The second-order valence-electron chi connectivity index (χ2n) is 6.69. The normalized spacial score (nSPS) is 11.1. The SMILES string of the molecule is COc1ccc(-c2cc(Cc3ccccc3OC)c(N/N=C(\C)C(C)=O)nn2)cc1. The molecule has 3 rings (SSSR count). The highest BCUT2D eigenvalue weighted by Crippen LogP contribution is 2.27. The van der Waals surface area contributed by atoms with Gasteiger partial charge in [0, 0.05) is 24.5 Å². The van der Waals surface area contributed by atoms with Crippen molar-refractivity contribution in [2.75, 3.05) is 19.6 Å². The number of methoxy groups -OCH3 is 2. The van der Waals surface area contributed by atoms with E-state index in [0.29, 0.717) is 18.0 Å². The number of nitrogens with one attached hydrogen (secondary N) is 1. The summed E-state index contributed by atoms with van der Waals surface area (Å²) in [7, 11) is 3.27. The van der Waals surface area contributed by atoms with Crippen LogP contribution in [0, 0.1) is 0 Å². The molecule has 0 spiro atoms. The Labute approximate surface area is 175 Å². The fourth-order valence-electron chi connectivity index (χ4n) is 2.83. The summed E-state index contributed by atoms with van der Waals surface area (Å²) in [5.74, 6) is 1.93. The van der Waals surface area contributed by atoms with E-state index in [0.717, 1.165) is 33.9 Å². The molecule has 1 aromatic heterocycles. The van der Waals surface area contributed by atoms with Gasteiger partial charge in [0.2, 0.25) is 0 Å². The number of hydrazone groups is 1. The van der Waals surface area contributed by atoms with Gasteiger partial charge in [0.1, 0.15) is 17.2 Å². The van der Waals surface area contributed by atoms with Crippen LogP contribution in [0.4, 0.5) is 5.82 Å². The lowest BCUT2D eigenvalue weighted by Gasteiger charge is -2.12. The van der Waals surface area contributed by atoms with Gasteiger partial charge in [0.05, 0.1) is 19.9 Å². The van der Waals surface area contributed by atoms with Crippen molar-refractivity contribution in [1.29, 1.82) is 0 Å². The molecule has 0 radical (unpaired) electrons. The van der Waals surface area contributed by atoms with Crippen molar-refractivity contribution in [3.63, 3.8) is 0 Å². The van der Waals surface area contributed by atoms with Crippen LogP contribution in [0.5, 0.6) is 11.5 Å². The van der Waals surface area contributed by atoms with Crippen LogP contribution in [0.25, 0.3) is 11.3 Å². The van der Waals surface area contributed by atoms with E-state index in [4.69, 9.17) is 9.47 Å². The molecule has 0 unspecified atom stereocenters. The third-order valence-electron chi connectivity index (χ3n) is 4.67. The van der Waals surface area contributed by atoms with Gasteiger partial charge in [0.15, 0.2) is 11.6 Å². The largest absolute Gasteiger partial charge is 0.497 e. The molecule has 0 aliphatic rings. The van der Waals surface area contributed by atoms with Crippen molar-refractivity contribution in [1.82, 2.24) is 10.2 Å². The van der Waals surface area contributed by atoms with Crippen LogP contribution in [0.15, 0.2) is 59.7 Å². The maximum absolute atomic E-state index is 11.5. The Balaban J connectivity index is 2.01. The lowest BCUT2D eigenvalue weighted by molar-refractivity contribution is -0.111. The standard InChI is InChI=1S/C23H24N4O3/c1-15(16(2)28)24-26-23-19(13-18-7-5-6-8-22(18)30-4)14-21(25-27-23)17-9-11-20(29-3)12-10-17/h5-12,14H,13H2,1-4H3,(H,26,27)/b24-15+. The summed E-state index contributed by atoms with van der Waals surface area (Å²) in [6, 6.07) is 17.4. The lowest BCUT2D eigenvalue weighted by Crippen LogP contribution is -2.09. The van der Waals surface area contributed by atoms with Crippen LogP contribution in [-0.4, -0.2) is 35.9 Å². The zero-order valence-electron chi connectivity index (χ0n) is 17.5. The van der Waals surface area contributed by atoms with Gasteiger partial charge in [-0.3, -0.25) is 10.2 Å². The Morgan fingerprint density at radius 3 is 2.37 bits per heavy atom. The monoisotopic (exact) mass is 404 g/mol. The molecule has 0 amide bonds. The van der Waals surface area contributed by atoms with Gasteiger partial charge >= 0.3 is 0 Å². The highest BCUT2D eigenvalue weighted by atomic mass is 16.5. The summed E-state index contributed by atoms with van der Waals surface area (Å²) in [6.07, 6.45) is 0.555. The predicted octanol–water partition coefficient (Wildman–Crippen LogP) is 4.13. The first-order chi connectivity index (χ1) is 14.5. The number of benzene rings is 2. The van der Waals surface area contributed by atoms with E-state index in [1.165, 1.54) is 6.92 Å². The van der Waals surface area contributed by atoms with E-state index >= 15 is 0 Å². The summed E-state index contributed by atoms with van der Waals surface area (Å²) < 4.78 is 10.7. The molecule has 0 aliphatic heterocycles. The van der Waals surface area contributed by atoms with E-state index in [9.17, 15) is 4.79 Å². The number of aromatic nitrogens is 2. The maximum atomic E-state index is 11.5. The second-order valence-corrected chi connectivity index (χ2v) is 6.69. The molecule has 3 aromatic rings. The predicted molar refractivity (Wildman–Crippen MR) is 117 cm³/mol. The Kier molecular flexibility index (Phi) is 6.75. The molecule has 1 heterocycles. The van der Waals surface area contributed by atoms with Crippen LogP contribution in [0.2, 0.25) is 0 Å². The Bertz CT molecular complexity index is 1060. The smallest absolute Gasteiger partial charge is 0.175 e. The van der Waals surface area contributed by atoms with E-state index in [1.807, 2.05) is 54.6 Å². The zero-order valence-corrected chi connectivity index (χ0v) is 17.5. The fraction of sp³-hybridized carbons (Fsp3) is 0.217. The van der Waals surface area contributed by atoms with Gasteiger partial charge in [-0.1, -0.05) is 18.2 Å². The number of carbonyl (C=O) groups is 1. The molecule has 30 heavy (non-hydrogen) atoms. The molecule has 0 saturated heterocycles. The summed E-state index contributed by atoms with van der Waals surface area (Å²) in [4.78, 5) is 11.5. The Morgan fingerprint density at radius 2 is 1.70 bits per heavy atom. The van der Waals surface area contributed by atoms with Crippen molar-refractivity contribution in [3.05, 3.63) is 65.7 Å². The van der Waals surface area contributed by atoms with Gasteiger partial charge in [-0.15, -0.1) is 10.2 Å². The van der Waals surface area contributed by atoms with Crippen LogP contribution in [-0.2, 0) is 11.2 Å². The van der Waals surface area contributed by atoms with Gasteiger partial charge in [-0.25, -0.2) is 0 Å². The van der Waals surface area contributed by atoms with E-state index < -0.39 is 0 Å². The molecule has 1 N–H and O–H groups in total. The third kappa shape index (κ3) is 5.00. The minimum Gasteiger partial charge on any atom is -0.497 e. The molecule has 0 saturated carbocycles. The number of para-hydroxylation sites is 1. The Morgan fingerprint density at radius 1 is 0.967 bits per heavy atom. The number of nitrogens with zero attached hydrogens (tertiary/aromatic N) is 3. The van der Waals surface area contributed by atoms with Crippen molar-refractivity contribution in [3.8, 4) is 22.8 Å². The van der Waals surface area contributed by atoms with Crippen LogP contribution in [0.1, 0.15) is 25.0 Å². The number of hydrogen-bond acceptors (Lipinski definition) is 7. The molecule has 0 atom stereocenters. The van der Waals surface area contributed by atoms with Crippen molar-refractivity contribution < 1.29 is 14.3 Å². The number of hydrogen-bond donors (Lipinski definition) is 1. The summed E-state index contributed by atoms with van der Waals surface area (Å²) in [5, 5.41) is 12.8. The fourth-order valence-corrected chi connectivity index (χ4v) is 2.83. The molecule has 0 aliphatic carbocycles. The van der Waals surface area contributed by atoms with Gasteiger partial charge in [-0.2, -0.15) is 5.10 Å². The maximum Gasteiger partial charge on any atom is 0.175 e. The van der Waals surface area contributed by atoms with Crippen molar-refractivity contribution in [2.24, 2.45) is 5.10 Å². The number of carbonyl (C=O) groups excluding carboxylic acids is 1. The molecule has 7 nitrogen and oxygen atoms in total. The van der Waals surface area contributed by atoms with Crippen LogP contribution in [0.3, 0.4) is 0 Å². The average molecular weight is 404 g/mol. The minimum absolute atomic E-state index is 0.114. The topological polar surface area (TPSA) is 85.7 Å². The number of ether oxygens (including phenoxy) is 2. The molecule has 7 heteroatoms. The first-order valence-corrected chi connectivity index (χ1v) is 9.46. The summed E-state index contributed by atoms with van der Waals surface area (Å²) in [5.41, 5.74) is 6.76. The number of rotatable bonds is 8. The average Bonchev–Trinajstić information content (AvgIpc) is 2.78. The Hall–Kier alpha value is -3.74. The number of Topliss-reactive ketones (excluding diaryl/α,β-unsaturated/α-hetero) is 1. The second kappa shape index (κ2) is 9.65. The highest BCUT2D eigenvalue weighted by molar-refractivity contribution is 6.38. The first-order valence-electron chi connectivity index (χ1n) is 9.46. The lowest BCUT2D eigenvalue weighted by atomic mass is 10.0. The van der Waals surface area contributed by atoms with Gasteiger partial charge in [0.25, 0.3) is 0 Å². The summed E-state index contributed by atoms with van der Waals surface area (Å²) >= 11 is 0. The molecule has 2 aromatic carbocycles. The minimum atomic E-state index is -0.114. The third-order valence-corrected chi connectivity index (χ3v) is 4.67. The zero-order chi connectivity index (χ0) is 21.5. The van der Waals surface area contributed by atoms with Crippen molar-refractivity contribution in [2.45, 2.75) is 20.3 Å². The molecule has 154 valence electrons. The molecular formula is C23H24N4O3. The van der Waals surface area contributed by atoms with Crippen LogP contribution >= 0.6 is 0 Å². The van der Waals surface area contributed by atoms with Gasteiger partial charge < -0.3 is 9.47 Å². The van der Waals surface area contributed by atoms with E-state index in [2.05, 4.69) is 20.7 Å². The van der Waals surface area contributed by atoms with E-state index in [1.54, 1.807) is 21.1 Å². The van der Waals surface area contributed by atoms with E-state index in [-0.39, 0.29) is 5.78 Å². The molecular weight excluding hydrogens is 380 g/mol. The van der Waals surface area contributed by atoms with Crippen molar-refractivity contribution >= 4 is 17.3 Å². The summed E-state index contributed by atoms with van der Waals surface area (Å²) in [6.45, 7) is 3.11. The van der Waals surface area contributed by atoms with Crippen LogP contribution < -0.4 is 14.9 Å².